The van der Waals surface area contributed by atoms with E-state index in [0.717, 1.165) is 0 Å². The summed E-state index contributed by atoms with van der Waals surface area (Å²) in [7, 11) is 0. The molecule has 1 aromatic carbocycles. The molecule has 0 heterocycles. The summed E-state index contributed by atoms with van der Waals surface area (Å²) in [6, 6.07) is 4.99. The van der Waals surface area contributed by atoms with E-state index >= 15 is 0 Å². The largest absolute Gasteiger partial charge is 0.334 e. The first-order valence-electron chi connectivity index (χ1n) is 7.49. The Bertz CT molecular complexity index is 496. The zero-order chi connectivity index (χ0) is 17.3. The maximum absolute atomic E-state index is 13.0. The number of rotatable bonds is 4. The standard InChI is InChI=1S/C15H21FN2O2.C2H6/c1-10(19)13(15(2,3)4)18-14(20)17-9-11-6-5-7-12(16)8-11;1-2/h5-8,13H,9H2,1-4H3,(H2,17,18,20);1-2H3. The van der Waals surface area contributed by atoms with Gasteiger partial charge in [-0.3, -0.25) is 4.79 Å². The Morgan fingerprint density at radius 1 is 1.23 bits per heavy atom. The topological polar surface area (TPSA) is 58.2 Å². The van der Waals surface area contributed by atoms with Crippen LogP contribution < -0.4 is 10.6 Å². The maximum atomic E-state index is 13.0. The van der Waals surface area contributed by atoms with Crippen molar-refractivity contribution < 1.29 is 14.0 Å². The molecule has 22 heavy (non-hydrogen) atoms. The quantitative estimate of drug-likeness (QED) is 0.891. The van der Waals surface area contributed by atoms with Crippen LogP contribution in [0.25, 0.3) is 0 Å². The highest BCUT2D eigenvalue weighted by molar-refractivity contribution is 5.87. The lowest BCUT2D eigenvalue weighted by Crippen LogP contribution is -2.51. The van der Waals surface area contributed by atoms with Crippen molar-refractivity contribution in [3.63, 3.8) is 0 Å². The van der Waals surface area contributed by atoms with Gasteiger partial charge < -0.3 is 10.6 Å². The van der Waals surface area contributed by atoms with Gasteiger partial charge in [-0.15, -0.1) is 0 Å². The molecule has 0 saturated heterocycles. The fourth-order valence-corrected chi connectivity index (χ4v) is 1.94. The average molecular weight is 310 g/mol. The van der Waals surface area contributed by atoms with Crippen molar-refractivity contribution in [1.82, 2.24) is 10.6 Å². The number of nitrogens with one attached hydrogen (secondary N) is 2. The summed E-state index contributed by atoms with van der Waals surface area (Å²) < 4.78 is 13.0. The van der Waals surface area contributed by atoms with Crippen molar-refractivity contribution in [1.29, 1.82) is 0 Å². The molecule has 1 atom stereocenters. The lowest BCUT2D eigenvalue weighted by atomic mass is 9.84. The summed E-state index contributed by atoms with van der Waals surface area (Å²) in [4.78, 5) is 23.3. The first-order chi connectivity index (χ1) is 10.2. The Hall–Kier alpha value is -1.91. The molecule has 0 aliphatic heterocycles. The molecule has 1 unspecified atom stereocenters. The van der Waals surface area contributed by atoms with Crippen molar-refractivity contribution in [2.24, 2.45) is 5.41 Å². The molecule has 0 spiro atoms. The average Bonchev–Trinajstić information content (AvgIpc) is 2.43. The van der Waals surface area contributed by atoms with Crippen LogP contribution in [-0.2, 0) is 11.3 Å². The molecule has 5 heteroatoms. The van der Waals surface area contributed by atoms with Crippen LogP contribution in [0.5, 0.6) is 0 Å². The number of halogens is 1. The Morgan fingerprint density at radius 3 is 2.27 bits per heavy atom. The van der Waals surface area contributed by atoms with Gasteiger partial charge in [0.1, 0.15) is 5.82 Å². The lowest BCUT2D eigenvalue weighted by Gasteiger charge is -2.29. The summed E-state index contributed by atoms with van der Waals surface area (Å²) in [6.07, 6.45) is 0. The number of carbonyl (C=O) groups is 2. The summed E-state index contributed by atoms with van der Waals surface area (Å²) in [5.74, 6) is -0.445. The number of Topliss-reactive ketones (excluding diaryl/α,β-unsaturated/α-hetero) is 1. The Kier molecular flexibility index (Phi) is 8.38. The van der Waals surface area contributed by atoms with E-state index in [1.54, 1.807) is 12.1 Å². The molecule has 0 aliphatic carbocycles. The maximum Gasteiger partial charge on any atom is 0.315 e. The minimum Gasteiger partial charge on any atom is -0.334 e. The number of carbonyl (C=O) groups excluding carboxylic acids is 2. The highest BCUT2D eigenvalue weighted by Gasteiger charge is 2.29. The third kappa shape index (κ3) is 7.20. The minimum absolute atomic E-state index is 0.0987. The lowest BCUT2D eigenvalue weighted by molar-refractivity contribution is -0.121. The van der Waals surface area contributed by atoms with E-state index in [1.807, 2.05) is 34.6 Å². The second kappa shape index (κ2) is 9.18. The molecule has 0 fully saturated rings. The fraction of sp³-hybridized carbons (Fsp3) is 0.529. The normalized spacial score (nSPS) is 11.8. The van der Waals surface area contributed by atoms with Gasteiger partial charge in [-0.1, -0.05) is 46.8 Å². The first kappa shape index (κ1) is 20.1. The van der Waals surface area contributed by atoms with Crippen LogP contribution >= 0.6 is 0 Å². The van der Waals surface area contributed by atoms with E-state index in [9.17, 15) is 14.0 Å². The van der Waals surface area contributed by atoms with Crippen molar-refractivity contribution >= 4 is 11.8 Å². The van der Waals surface area contributed by atoms with Gasteiger partial charge in [0.15, 0.2) is 5.78 Å². The van der Waals surface area contributed by atoms with Crippen molar-refractivity contribution in [3.8, 4) is 0 Å². The minimum atomic E-state index is -0.560. The van der Waals surface area contributed by atoms with E-state index in [4.69, 9.17) is 0 Å². The van der Waals surface area contributed by atoms with E-state index in [0.29, 0.717) is 5.56 Å². The molecule has 1 aromatic rings. The van der Waals surface area contributed by atoms with Gasteiger partial charge in [-0.05, 0) is 30.0 Å². The summed E-state index contributed by atoms with van der Waals surface area (Å²) in [6.45, 7) is 11.3. The predicted octanol–water partition coefficient (Wildman–Crippen LogP) is 3.65. The van der Waals surface area contributed by atoms with Crippen LogP contribution in [0.4, 0.5) is 9.18 Å². The molecule has 0 aromatic heterocycles. The highest BCUT2D eigenvalue weighted by atomic mass is 19.1. The molecule has 0 bridgehead atoms. The molecule has 2 amide bonds. The SMILES string of the molecule is CC.CC(=O)C(NC(=O)NCc1cccc(F)c1)C(C)(C)C. The second-order valence-electron chi connectivity index (χ2n) is 5.87. The number of benzene rings is 1. The van der Waals surface area contributed by atoms with E-state index in [1.165, 1.54) is 19.1 Å². The van der Waals surface area contributed by atoms with Crippen molar-refractivity contribution in [3.05, 3.63) is 35.6 Å². The van der Waals surface area contributed by atoms with Gasteiger partial charge >= 0.3 is 6.03 Å². The molecule has 124 valence electrons. The Balaban J connectivity index is 0.00000211. The number of amides is 2. The third-order valence-electron chi connectivity index (χ3n) is 2.89. The van der Waals surface area contributed by atoms with Crippen LogP contribution in [0.15, 0.2) is 24.3 Å². The zero-order valence-electron chi connectivity index (χ0n) is 14.3. The van der Waals surface area contributed by atoms with Crippen LogP contribution in [0, 0.1) is 11.2 Å². The van der Waals surface area contributed by atoms with E-state index in [2.05, 4.69) is 10.6 Å². The van der Waals surface area contributed by atoms with Crippen LogP contribution in [0.1, 0.15) is 47.1 Å². The molecule has 2 N–H and O–H groups in total. The first-order valence-corrected chi connectivity index (χ1v) is 7.49. The molecule has 0 radical (unpaired) electrons. The van der Waals surface area contributed by atoms with Crippen molar-refractivity contribution in [2.45, 2.75) is 54.1 Å². The van der Waals surface area contributed by atoms with Crippen molar-refractivity contribution in [2.75, 3.05) is 0 Å². The van der Waals surface area contributed by atoms with Gasteiger partial charge in [-0.25, -0.2) is 9.18 Å². The number of hydrogen-bond donors (Lipinski definition) is 2. The molecular weight excluding hydrogens is 283 g/mol. The van der Waals surface area contributed by atoms with Gasteiger partial charge in [0.2, 0.25) is 0 Å². The van der Waals surface area contributed by atoms with Crippen LogP contribution in [0.3, 0.4) is 0 Å². The number of urea groups is 1. The Morgan fingerprint density at radius 2 is 1.82 bits per heavy atom. The summed E-state index contributed by atoms with van der Waals surface area (Å²) in [5, 5.41) is 5.26. The predicted molar refractivity (Wildman–Crippen MR) is 87.0 cm³/mol. The molecular formula is C17H27FN2O2. The van der Waals surface area contributed by atoms with Gasteiger partial charge in [-0.2, -0.15) is 0 Å². The number of hydrogen-bond acceptors (Lipinski definition) is 2. The molecule has 1 rings (SSSR count). The molecule has 0 aliphatic rings. The number of ketones is 1. The summed E-state index contributed by atoms with van der Waals surface area (Å²) >= 11 is 0. The van der Waals surface area contributed by atoms with Gasteiger partial charge in [0, 0.05) is 6.54 Å². The van der Waals surface area contributed by atoms with E-state index < -0.39 is 12.1 Å². The monoisotopic (exact) mass is 310 g/mol. The smallest absolute Gasteiger partial charge is 0.315 e. The van der Waals surface area contributed by atoms with Crippen LogP contribution in [0.2, 0.25) is 0 Å². The highest BCUT2D eigenvalue weighted by Crippen LogP contribution is 2.19. The van der Waals surface area contributed by atoms with E-state index in [-0.39, 0.29) is 23.6 Å². The molecule has 4 nitrogen and oxygen atoms in total. The van der Waals surface area contributed by atoms with Crippen LogP contribution in [-0.4, -0.2) is 17.9 Å². The fourth-order valence-electron chi connectivity index (χ4n) is 1.94. The van der Waals surface area contributed by atoms with Gasteiger partial charge in [0.05, 0.1) is 6.04 Å². The Labute approximate surface area is 132 Å². The van der Waals surface area contributed by atoms with Gasteiger partial charge in [0.25, 0.3) is 0 Å². The second-order valence-corrected chi connectivity index (χ2v) is 5.87. The zero-order valence-corrected chi connectivity index (χ0v) is 14.3. The molecule has 0 saturated carbocycles. The third-order valence-corrected chi connectivity index (χ3v) is 2.89. The summed E-state index contributed by atoms with van der Waals surface area (Å²) in [5.41, 5.74) is 0.303.